The van der Waals surface area contributed by atoms with Gasteiger partial charge in [0.05, 0.1) is 11.4 Å². The topological polar surface area (TPSA) is 55.4 Å². The predicted octanol–water partition coefficient (Wildman–Crippen LogP) is 2.12. The van der Waals surface area contributed by atoms with Crippen LogP contribution in [0.5, 0.6) is 0 Å². The van der Waals surface area contributed by atoms with Crippen LogP contribution in [0.4, 0.5) is 4.39 Å². The summed E-state index contributed by atoms with van der Waals surface area (Å²) in [6.45, 7) is 4.53. The summed E-state index contributed by atoms with van der Waals surface area (Å²) in [4.78, 5) is 0. The largest absolute Gasteiger partial charge is 0.374 e. The van der Waals surface area contributed by atoms with Gasteiger partial charge in [-0.3, -0.25) is 0 Å². The lowest BCUT2D eigenvalue weighted by molar-refractivity contribution is 0.0250. The van der Waals surface area contributed by atoms with E-state index in [1.54, 1.807) is 13.0 Å². The third-order valence-electron chi connectivity index (χ3n) is 3.52. The molecule has 2 rings (SSSR count). The average Bonchev–Trinajstić information content (AvgIpc) is 2.79. The van der Waals surface area contributed by atoms with Crippen molar-refractivity contribution in [2.75, 3.05) is 13.2 Å². The fraction of sp³-hybridized carbons (Fsp3) is 0.571. The molecule has 1 aromatic rings. The molecule has 0 saturated carbocycles. The van der Waals surface area contributed by atoms with Gasteiger partial charge in [-0.05, 0) is 38.3 Å². The molecule has 0 spiro atoms. The molecule has 6 heteroatoms. The Morgan fingerprint density at radius 3 is 2.80 bits per heavy atom. The maximum absolute atomic E-state index is 13.7. The van der Waals surface area contributed by atoms with Crippen LogP contribution in [0.1, 0.15) is 30.9 Å². The standard InChI is InChI=1S/C14H20FNO3S/c1-11-4-5-12(13(15)8-11)9-20(17,18)16-10-14(2)6-3-7-19-14/h4-5,8,16H,3,6-7,9-10H2,1-2H3. The highest BCUT2D eigenvalue weighted by Crippen LogP contribution is 2.24. The Labute approximate surface area is 119 Å². The molecule has 1 aromatic carbocycles. The molecule has 0 aliphatic carbocycles. The van der Waals surface area contributed by atoms with Crippen LogP contribution >= 0.6 is 0 Å². The Kier molecular flexibility index (Phi) is 4.46. The normalized spacial score (nSPS) is 23.1. The quantitative estimate of drug-likeness (QED) is 0.906. The predicted molar refractivity (Wildman–Crippen MR) is 75.4 cm³/mol. The van der Waals surface area contributed by atoms with Crippen LogP contribution in [-0.2, 0) is 20.5 Å². The van der Waals surface area contributed by atoms with E-state index in [9.17, 15) is 12.8 Å². The zero-order valence-corrected chi connectivity index (χ0v) is 12.6. The molecule has 1 N–H and O–H groups in total. The van der Waals surface area contributed by atoms with Crippen molar-refractivity contribution in [3.8, 4) is 0 Å². The SMILES string of the molecule is Cc1ccc(CS(=O)(=O)NCC2(C)CCCO2)c(F)c1. The Balaban J connectivity index is 2.00. The number of benzene rings is 1. The fourth-order valence-electron chi connectivity index (χ4n) is 2.26. The summed E-state index contributed by atoms with van der Waals surface area (Å²) < 4.78 is 45.7. The van der Waals surface area contributed by atoms with E-state index in [1.807, 2.05) is 6.92 Å². The van der Waals surface area contributed by atoms with Crippen LogP contribution in [0.2, 0.25) is 0 Å². The molecule has 1 heterocycles. The third-order valence-corrected chi connectivity index (χ3v) is 4.80. The second-order valence-electron chi connectivity index (χ2n) is 5.58. The minimum absolute atomic E-state index is 0.181. The monoisotopic (exact) mass is 301 g/mol. The minimum Gasteiger partial charge on any atom is -0.374 e. The van der Waals surface area contributed by atoms with Crippen molar-refractivity contribution in [1.29, 1.82) is 0 Å². The van der Waals surface area contributed by atoms with Crippen molar-refractivity contribution >= 4 is 10.0 Å². The van der Waals surface area contributed by atoms with Gasteiger partial charge in [0, 0.05) is 18.7 Å². The number of ether oxygens (including phenoxy) is 1. The number of rotatable bonds is 5. The van der Waals surface area contributed by atoms with E-state index in [-0.39, 0.29) is 17.9 Å². The summed E-state index contributed by atoms with van der Waals surface area (Å²) in [6, 6.07) is 4.55. The molecule has 1 aliphatic heterocycles. The fourth-order valence-corrected chi connectivity index (χ4v) is 3.53. The minimum atomic E-state index is -3.57. The van der Waals surface area contributed by atoms with Crippen molar-refractivity contribution in [2.45, 2.75) is 38.0 Å². The van der Waals surface area contributed by atoms with Crippen molar-refractivity contribution in [2.24, 2.45) is 0 Å². The molecule has 0 bridgehead atoms. The Morgan fingerprint density at radius 2 is 2.20 bits per heavy atom. The van der Waals surface area contributed by atoms with E-state index in [1.165, 1.54) is 12.1 Å². The highest BCUT2D eigenvalue weighted by Gasteiger charge is 2.31. The number of sulfonamides is 1. The molecule has 20 heavy (non-hydrogen) atoms. The number of hydrogen-bond donors (Lipinski definition) is 1. The first-order chi connectivity index (χ1) is 9.30. The summed E-state index contributed by atoms with van der Waals surface area (Å²) in [6.07, 6.45) is 1.76. The molecule has 1 atom stereocenters. The van der Waals surface area contributed by atoms with Gasteiger partial charge < -0.3 is 4.74 Å². The number of halogens is 1. The second-order valence-corrected chi connectivity index (χ2v) is 7.38. The van der Waals surface area contributed by atoms with Crippen LogP contribution in [0.15, 0.2) is 18.2 Å². The molecular weight excluding hydrogens is 281 g/mol. The van der Waals surface area contributed by atoms with Crippen LogP contribution in [0.3, 0.4) is 0 Å². The van der Waals surface area contributed by atoms with E-state index in [2.05, 4.69) is 4.72 Å². The summed E-state index contributed by atoms with van der Waals surface area (Å²) in [5.74, 6) is -0.839. The van der Waals surface area contributed by atoms with E-state index in [4.69, 9.17) is 4.74 Å². The molecule has 0 aromatic heterocycles. The summed E-state index contributed by atoms with van der Waals surface area (Å²) in [5, 5.41) is 0. The van der Waals surface area contributed by atoms with Crippen molar-refractivity contribution in [3.63, 3.8) is 0 Å². The maximum Gasteiger partial charge on any atom is 0.215 e. The summed E-state index contributed by atoms with van der Waals surface area (Å²) >= 11 is 0. The molecule has 112 valence electrons. The van der Waals surface area contributed by atoms with Gasteiger partial charge in [-0.1, -0.05) is 12.1 Å². The molecule has 1 fully saturated rings. The van der Waals surface area contributed by atoms with Gasteiger partial charge in [0.15, 0.2) is 0 Å². The van der Waals surface area contributed by atoms with Crippen molar-refractivity contribution < 1.29 is 17.5 Å². The number of aryl methyl sites for hydroxylation is 1. The average molecular weight is 301 g/mol. The first-order valence-corrected chi connectivity index (χ1v) is 8.31. The molecule has 0 radical (unpaired) electrons. The van der Waals surface area contributed by atoms with Crippen LogP contribution in [0, 0.1) is 12.7 Å². The van der Waals surface area contributed by atoms with Gasteiger partial charge >= 0.3 is 0 Å². The highest BCUT2D eigenvalue weighted by molar-refractivity contribution is 7.88. The molecule has 4 nitrogen and oxygen atoms in total. The smallest absolute Gasteiger partial charge is 0.215 e. The van der Waals surface area contributed by atoms with Crippen molar-refractivity contribution in [1.82, 2.24) is 4.72 Å². The van der Waals surface area contributed by atoms with Crippen LogP contribution in [-0.4, -0.2) is 27.2 Å². The van der Waals surface area contributed by atoms with E-state index >= 15 is 0 Å². The van der Waals surface area contributed by atoms with Gasteiger partial charge in [-0.15, -0.1) is 0 Å². The second kappa shape index (κ2) is 5.79. The molecule has 1 unspecified atom stereocenters. The van der Waals surface area contributed by atoms with E-state index in [0.717, 1.165) is 18.4 Å². The Hall–Kier alpha value is -0.980. The lowest BCUT2D eigenvalue weighted by Gasteiger charge is -2.23. The zero-order valence-electron chi connectivity index (χ0n) is 11.8. The highest BCUT2D eigenvalue weighted by atomic mass is 32.2. The molecular formula is C14H20FNO3S. The van der Waals surface area contributed by atoms with Crippen LogP contribution < -0.4 is 4.72 Å². The Morgan fingerprint density at radius 1 is 1.45 bits per heavy atom. The summed E-state index contributed by atoms with van der Waals surface area (Å²) in [5.41, 5.74) is 0.503. The van der Waals surface area contributed by atoms with Gasteiger partial charge in [-0.2, -0.15) is 0 Å². The maximum atomic E-state index is 13.7. The summed E-state index contributed by atoms with van der Waals surface area (Å²) in [7, 11) is -3.57. The lowest BCUT2D eigenvalue weighted by atomic mass is 10.0. The first kappa shape index (κ1) is 15.4. The number of nitrogens with one attached hydrogen (secondary N) is 1. The molecule has 1 aliphatic rings. The van der Waals surface area contributed by atoms with E-state index < -0.39 is 21.4 Å². The van der Waals surface area contributed by atoms with Gasteiger partial charge in [-0.25, -0.2) is 17.5 Å². The third kappa shape index (κ3) is 4.01. The van der Waals surface area contributed by atoms with Gasteiger partial charge in [0.2, 0.25) is 10.0 Å². The Bertz CT molecular complexity index is 580. The van der Waals surface area contributed by atoms with E-state index in [0.29, 0.717) is 6.61 Å². The lowest BCUT2D eigenvalue weighted by Crippen LogP contribution is -2.40. The van der Waals surface area contributed by atoms with Crippen LogP contribution in [0.25, 0.3) is 0 Å². The molecule has 1 saturated heterocycles. The number of hydrogen-bond acceptors (Lipinski definition) is 3. The molecule has 0 amide bonds. The first-order valence-electron chi connectivity index (χ1n) is 6.66. The van der Waals surface area contributed by atoms with Gasteiger partial charge in [0.25, 0.3) is 0 Å². The van der Waals surface area contributed by atoms with Crippen molar-refractivity contribution in [3.05, 3.63) is 35.1 Å². The zero-order chi connectivity index (χ0) is 14.8. The van der Waals surface area contributed by atoms with Gasteiger partial charge in [0.1, 0.15) is 5.82 Å².